The molecule has 3 rings (SSSR count). The molecule has 1 aliphatic rings. The first-order valence-electron chi connectivity index (χ1n) is 7.05. The Labute approximate surface area is 113 Å². The molecule has 0 amide bonds. The van der Waals surface area contributed by atoms with Gasteiger partial charge in [-0.2, -0.15) is 0 Å². The van der Waals surface area contributed by atoms with Gasteiger partial charge in [0.2, 0.25) is 0 Å². The van der Waals surface area contributed by atoms with Crippen molar-refractivity contribution in [2.24, 2.45) is 0 Å². The van der Waals surface area contributed by atoms with Crippen LogP contribution < -0.4 is 5.32 Å². The number of H-pyrrole nitrogens is 1. The third-order valence-electron chi connectivity index (χ3n) is 3.72. The minimum atomic E-state index is 0.484. The van der Waals surface area contributed by atoms with Crippen molar-refractivity contribution >= 4 is 16.7 Å². The normalized spacial score (nSPS) is 17.2. The van der Waals surface area contributed by atoms with E-state index in [1.54, 1.807) is 0 Å². The Kier molecular flexibility index (Phi) is 3.42. The molecule has 4 heteroatoms. The molecule has 0 aliphatic carbocycles. The first-order valence-corrected chi connectivity index (χ1v) is 7.05. The average Bonchev–Trinajstić information content (AvgIpc) is 2.83. The van der Waals surface area contributed by atoms with Crippen LogP contribution in [0.25, 0.3) is 10.9 Å². The summed E-state index contributed by atoms with van der Waals surface area (Å²) in [4.78, 5) is 7.97. The van der Waals surface area contributed by atoms with Crippen LogP contribution in [0.2, 0.25) is 0 Å². The third-order valence-corrected chi connectivity index (χ3v) is 3.72. The van der Waals surface area contributed by atoms with Crippen LogP contribution in [0, 0.1) is 0 Å². The van der Waals surface area contributed by atoms with Crippen LogP contribution in [0.1, 0.15) is 38.3 Å². The summed E-state index contributed by atoms with van der Waals surface area (Å²) in [6, 6.07) is 4.78. The number of anilines is 1. The predicted molar refractivity (Wildman–Crippen MR) is 77.6 cm³/mol. The van der Waals surface area contributed by atoms with Gasteiger partial charge in [0.25, 0.3) is 0 Å². The highest BCUT2D eigenvalue weighted by Crippen LogP contribution is 2.23. The van der Waals surface area contributed by atoms with E-state index >= 15 is 0 Å². The second-order valence-corrected chi connectivity index (χ2v) is 5.57. The fourth-order valence-electron chi connectivity index (χ4n) is 2.49. The molecule has 0 saturated carbocycles. The Balaban J connectivity index is 1.80. The van der Waals surface area contributed by atoms with Crippen molar-refractivity contribution in [2.75, 3.05) is 18.5 Å². The highest BCUT2D eigenvalue weighted by Gasteiger charge is 2.14. The standard InChI is InChI=1S/C15H21N3O/c1-10(2)13-7-11-9-16-15(8-14(11)18-13)17-12-3-5-19-6-4-12/h7-10,12,18H,3-6H2,1-2H3,(H,16,17). The molecular formula is C15H21N3O. The van der Waals surface area contributed by atoms with Gasteiger partial charge in [-0.1, -0.05) is 13.8 Å². The van der Waals surface area contributed by atoms with E-state index < -0.39 is 0 Å². The fourth-order valence-corrected chi connectivity index (χ4v) is 2.49. The van der Waals surface area contributed by atoms with E-state index in [2.05, 4.69) is 41.3 Å². The molecule has 1 saturated heterocycles. The Hall–Kier alpha value is -1.55. The molecule has 102 valence electrons. The topological polar surface area (TPSA) is 49.9 Å². The van der Waals surface area contributed by atoms with Gasteiger partial charge >= 0.3 is 0 Å². The van der Waals surface area contributed by atoms with Gasteiger partial charge in [-0.3, -0.25) is 0 Å². The molecule has 0 spiro atoms. The number of hydrogen-bond acceptors (Lipinski definition) is 3. The zero-order chi connectivity index (χ0) is 13.2. The van der Waals surface area contributed by atoms with Gasteiger partial charge in [-0.05, 0) is 24.8 Å². The summed E-state index contributed by atoms with van der Waals surface area (Å²) in [6.45, 7) is 6.08. The minimum absolute atomic E-state index is 0.484. The van der Waals surface area contributed by atoms with E-state index in [0.29, 0.717) is 12.0 Å². The lowest BCUT2D eigenvalue weighted by molar-refractivity contribution is 0.0904. The smallest absolute Gasteiger partial charge is 0.128 e. The summed E-state index contributed by atoms with van der Waals surface area (Å²) in [5, 5.41) is 4.68. The quantitative estimate of drug-likeness (QED) is 0.889. The second-order valence-electron chi connectivity index (χ2n) is 5.57. The lowest BCUT2D eigenvalue weighted by atomic mass is 10.1. The molecule has 2 aromatic heterocycles. The number of rotatable bonds is 3. The fraction of sp³-hybridized carbons (Fsp3) is 0.533. The SMILES string of the molecule is CC(C)c1cc2cnc(NC3CCOCC3)cc2[nH]1. The Morgan fingerprint density at radius 2 is 2.11 bits per heavy atom. The molecule has 3 heterocycles. The molecule has 0 bridgehead atoms. The second kappa shape index (κ2) is 5.21. The van der Waals surface area contributed by atoms with Gasteiger partial charge in [0.15, 0.2) is 0 Å². The number of pyridine rings is 1. The van der Waals surface area contributed by atoms with Crippen molar-refractivity contribution in [3.8, 4) is 0 Å². The Morgan fingerprint density at radius 1 is 1.32 bits per heavy atom. The zero-order valence-electron chi connectivity index (χ0n) is 11.6. The van der Waals surface area contributed by atoms with Gasteiger partial charge < -0.3 is 15.0 Å². The summed E-state index contributed by atoms with van der Waals surface area (Å²) >= 11 is 0. The van der Waals surface area contributed by atoms with Crippen LogP contribution in [0.4, 0.5) is 5.82 Å². The largest absolute Gasteiger partial charge is 0.381 e. The Morgan fingerprint density at radius 3 is 2.84 bits per heavy atom. The maximum Gasteiger partial charge on any atom is 0.128 e. The number of aromatic nitrogens is 2. The number of nitrogens with zero attached hydrogens (tertiary/aromatic N) is 1. The van der Waals surface area contributed by atoms with Crippen molar-refractivity contribution in [2.45, 2.75) is 38.6 Å². The lowest BCUT2D eigenvalue weighted by Crippen LogP contribution is -2.28. The van der Waals surface area contributed by atoms with Crippen molar-refractivity contribution in [1.82, 2.24) is 9.97 Å². The molecule has 0 radical (unpaired) electrons. The predicted octanol–water partition coefficient (Wildman–Crippen LogP) is 3.28. The first kappa shape index (κ1) is 12.5. The van der Waals surface area contributed by atoms with Gasteiger partial charge in [0.05, 0.1) is 5.52 Å². The summed E-state index contributed by atoms with van der Waals surface area (Å²) in [7, 11) is 0. The summed E-state index contributed by atoms with van der Waals surface area (Å²) in [6.07, 6.45) is 4.06. The van der Waals surface area contributed by atoms with Crippen molar-refractivity contribution in [3.63, 3.8) is 0 Å². The molecule has 2 N–H and O–H groups in total. The lowest BCUT2D eigenvalue weighted by Gasteiger charge is -2.23. The number of hydrogen-bond donors (Lipinski definition) is 2. The van der Waals surface area contributed by atoms with E-state index in [1.165, 1.54) is 11.1 Å². The molecule has 1 fully saturated rings. The minimum Gasteiger partial charge on any atom is -0.381 e. The highest BCUT2D eigenvalue weighted by molar-refractivity contribution is 5.82. The van der Waals surface area contributed by atoms with Crippen LogP contribution in [0.5, 0.6) is 0 Å². The van der Waals surface area contributed by atoms with Crippen LogP contribution in [-0.4, -0.2) is 29.2 Å². The van der Waals surface area contributed by atoms with E-state index in [9.17, 15) is 0 Å². The maximum absolute atomic E-state index is 5.37. The summed E-state index contributed by atoms with van der Waals surface area (Å²) < 4.78 is 5.37. The number of aromatic amines is 1. The molecule has 4 nitrogen and oxygen atoms in total. The van der Waals surface area contributed by atoms with Crippen molar-refractivity contribution in [1.29, 1.82) is 0 Å². The summed E-state index contributed by atoms with van der Waals surface area (Å²) in [5.41, 5.74) is 2.42. The van der Waals surface area contributed by atoms with Gasteiger partial charge in [-0.25, -0.2) is 4.98 Å². The van der Waals surface area contributed by atoms with Crippen LogP contribution in [0.15, 0.2) is 18.3 Å². The molecule has 1 aliphatic heterocycles. The van der Waals surface area contributed by atoms with Crippen molar-refractivity contribution < 1.29 is 4.74 Å². The third kappa shape index (κ3) is 2.73. The van der Waals surface area contributed by atoms with Gasteiger partial charge in [0, 0.05) is 42.6 Å². The van der Waals surface area contributed by atoms with Crippen LogP contribution in [0.3, 0.4) is 0 Å². The molecule has 0 aromatic carbocycles. The number of ether oxygens (including phenoxy) is 1. The Bertz CT molecular complexity index is 556. The van der Waals surface area contributed by atoms with E-state index in [4.69, 9.17) is 4.74 Å². The van der Waals surface area contributed by atoms with E-state index in [-0.39, 0.29) is 0 Å². The van der Waals surface area contributed by atoms with Gasteiger partial charge in [0.1, 0.15) is 5.82 Å². The van der Waals surface area contributed by atoms with E-state index in [0.717, 1.165) is 37.4 Å². The molecular weight excluding hydrogens is 238 g/mol. The van der Waals surface area contributed by atoms with Crippen molar-refractivity contribution in [3.05, 3.63) is 24.0 Å². The number of nitrogens with one attached hydrogen (secondary N) is 2. The van der Waals surface area contributed by atoms with Crippen LogP contribution >= 0.6 is 0 Å². The first-order chi connectivity index (χ1) is 9.22. The zero-order valence-corrected chi connectivity index (χ0v) is 11.6. The molecule has 0 unspecified atom stereocenters. The molecule has 2 aromatic rings. The van der Waals surface area contributed by atoms with Gasteiger partial charge in [-0.15, -0.1) is 0 Å². The van der Waals surface area contributed by atoms with Crippen LogP contribution in [-0.2, 0) is 4.74 Å². The maximum atomic E-state index is 5.37. The highest BCUT2D eigenvalue weighted by atomic mass is 16.5. The monoisotopic (exact) mass is 259 g/mol. The summed E-state index contributed by atoms with van der Waals surface area (Å²) in [5.74, 6) is 1.47. The average molecular weight is 259 g/mol. The van der Waals surface area contributed by atoms with E-state index in [1.807, 2.05) is 6.20 Å². The molecule has 0 atom stereocenters. The number of fused-ring (bicyclic) bond motifs is 1. The molecule has 19 heavy (non-hydrogen) atoms.